The minimum absolute atomic E-state index is 0.0504. The van der Waals surface area contributed by atoms with Crippen LogP contribution in [-0.2, 0) is 6.54 Å². The number of para-hydroxylation sites is 2. The number of rotatable bonds is 4. The molecule has 7 heteroatoms. The number of carbonyl (C=O) groups excluding carboxylic acids is 1. The van der Waals surface area contributed by atoms with Gasteiger partial charge in [0.1, 0.15) is 11.4 Å². The van der Waals surface area contributed by atoms with Gasteiger partial charge in [-0.05, 0) is 38.1 Å². The second kappa shape index (κ2) is 7.35. The van der Waals surface area contributed by atoms with Crippen molar-refractivity contribution in [3.63, 3.8) is 0 Å². The van der Waals surface area contributed by atoms with Gasteiger partial charge >= 0.3 is 0 Å². The van der Waals surface area contributed by atoms with Crippen LogP contribution in [0.4, 0.5) is 0 Å². The van der Waals surface area contributed by atoms with Crippen LogP contribution in [0.25, 0.3) is 21.9 Å². The minimum Gasteiger partial charge on any atom is -0.451 e. The molecular formula is C22H19N3O4. The Bertz CT molecular complexity index is 1340. The molecule has 2 heterocycles. The quantitative estimate of drug-likeness (QED) is 0.579. The normalized spacial score (nSPS) is 11.3. The van der Waals surface area contributed by atoms with Crippen molar-refractivity contribution in [2.75, 3.05) is 0 Å². The zero-order valence-corrected chi connectivity index (χ0v) is 16.0. The highest BCUT2D eigenvalue weighted by molar-refractivity contribution is 5.93. The van der Waals surface area contributed by atoms with Crippen molar-refractivity contribution in [3.05, 3.63) is 86.8 Å². The largest absolute Gasteiger partial charge is 0.451 e. The molecule has 0 radical (unpaired) electrons. The fraction of sp³-hybridized carbons (Fsp3) is 0.182. The van der Waals surface area contributed by atoms with E-state index in [2.05, 4.69) is 9.97 Å². The van der Waals surface area contributed by atoms with Gasteiger partial charge in [-0.3, -0.25) is 14.4 Å². The number of hydrogen-bond donors (Lipinski definition) is 1. The summed E-state index contributed by atoms with van der Waals surface area (Å²) in [6, 6.07) is 14.8. The summed E-state index contributed by atoms with van der Waals surface area (Å²) in [6.45, 7) is 3.76. The lowest BCUT2D eigenvalue weighted by Gasteiger charge is -2.25. The second-order valence-electron chi connectivity index (χ2n) is 7.03. The highest BCUT2D eigenvalue weighted by Crippen LogP contribution is 2.16. The summed E-state index contributed by atoms with van der Waals surface area (Å²) in [5.74, 6) is -0.136. The van der Waals surface area contributed by atoms with Crippen molar-refractivity contribution >= 4 is 27.8 Å². The van der Waals surface area contributed by atoms with Gasteiger partial charge in [-0.1, -0.05) is 24.3 Å². The first-order valence-corrected chi connectivity index (χ1v) is 9.26. The molecule has 7 nitrogen and oxygen atoms in total. The van der Waals surface area contributed by atoms with Gasteiger partial charge in [-0.2, -0.15) is 0 Å². The maximum absolute atomic E-state index is 13.1. The van der Waals surface area contributed by atoms with Crippen LogP contribution in [0.3, 0.4) is 0 Å². The average Bonchev–Trinajstić information content (AvgIpc) is 2.71. The number of H-pyrrole nitrogens is 1. The Morgan fingerprint density at radius 1 is 1.07 bits per heavy atom. The predicted octanol–water partition coefficient (Wildman–Crippen LogP) is 3.08. The Labute approximate surface area is 165 Å². The highest BCUT2D eigenvalue weighted by Gasteiger charge is 2.23. The number of fused-ring (bicyclic) bond motifs is 2. The summed E-state index contributed by atoms with van der Waals surface area (Å²) in [5, 5.41) is 0.903. The SMILES string of the molecule is CC(C)N(Cc1nc2ccccc2c(=O)[nH]1)C(=O)c1cc(=O)c2ccccc2o1. The minimum atomic E-state index is -0.446. The molecule has 146 valence electrons. The van der Waals surface area contributed by atoms with Crippen molar-refractivity contribution in [1.82, 2.24) is 14.9 Å². The standard InChI is InChI=1S/C22H19N3O4/c1-13(2)25(12-20-23-16-9-5-3-7-14(16)21(27)24-20)22(28)19-11-17(26)15-8-4-6-10-18(15)29-19/h3-11,13H,12H2,1-2H3,(H,23,24,27). The third-order valence-corrected chi connectivity index (χ3v) is 4.71. The first-order valence-electron chi connectivity index (χ1n) is 9.26. The smallest absolute Gasteiger partial charge is 0.290 e. The van der Waals surface area contributed by atoms with E-state index in [1.165, 1.54) is 11.0 Å². The van der Waals surface area contributed by atoms with Crippen LogP contribution in [0.2, 0.25) is 0 Å². The summed E-state index contributed by atoms with van der Waals surface area (Å²) < 4.78 is 5.68. The third kappa shape index (κ3) is 3.54. The molecule has 0 saturated carbocycles. The Hall–Kier alpha value is -3.74. The average molecular weight is 389 g/mol. The van der Waals surface area contributed by atoms with E-state index in [0.717, 1.165) is 0 Å². The number of hydrogen-bond acceptors (Lipinski definition) is 5. The number of nitrogens with zero attached hydrogens (tertiary/aromatic N) is 2. The van der Waals surface area contributed by atoms with Crippen LogP contribution in [0, 0.1) is 0 Å². The molecule has 1 amide bonds. The topological polar surface area (TPSA) is 96.3 Å². The van der Waals surface area contributed by atoms with Crippen LogP contribution in [0.5, 0.6) is 0 Å². The van der Waals surface area contributed by atoms with Gasteiger partial charge in [0.05, 0.1) is 22.8 Å². The number of nitrogens with one attached hydrogen (secondary N) is 1. The number of amides is 1. The third-order valence-electron chi connectivity index (χ3n) is 4.71. The Balaban J connectivity index is 1.72. The van der Waals surface area contributed by atoms with Gasteiger partial charge < -0.3 is 14.3 Å². The van der Waals surface area contributed by atoms with Crippen molar-refractivity contribution in [1.29, 1.82) is 0 Å². The Morgan fingerprint density at radius 2 is 1.76 bits per heavy atom. The Morgan fingerprint density at radius 3 is 2.52 bits per heavy atom. The predicted molar refractivity (Wildman–Crippen MR) is 110 cm³/mol. The van der Waals surface area contributed by atoms with Crippen molar-refractivity contribution < 1.29 is 9.21 Å². The molecule has 0 atom stereocenters. The van der Waals surface area contributed by atoms with Crippen LogP contribution in [0.1, 0.15) is 30.2 Å². The molecule has 2 aromatic carbocycles. The summed E-state index contributed by atoms with van der Waals surface area (Å²) in [6.07, 6.45) is 0. The van der Waals surface area contributed by atoms with Gasteiger partial charge in [0, 0.05) is 12.1 Å². The summed E-state index contributed by atoms with van der Waals surface area (Å²) >= 11 is 0. The van der Waals surface area contributed by atoms with Crippen molar-refractivity contribution in [2.24, 2.45) is 0 Å². The number of benzene rings is 2. The molecular weight excluding hydrogens is 370 g/mol. The molecule has 29 heavy (non-hydrogen) atoms. The molecule has 0 aliphatic heterocycles. The van der Waals surface area contributed by atoms with Crippen molar-refractivity contribution in [2.45, 2.75) is 26.4 Å². The fourth-order valence-electron chi connectivity index (χ4n) is 3.21. The van der Waals surface area contributed by atoms with Gasteiger partial charge in [0.25, 0.3) is 11.5 Å². The molecule has 0 aliphatic rings. The van der Waals surface area contributed by atoms with Gasteiger partial charge in [-0.15, -0.1) is 0 Å². The van der Waals surface area contributed by atoms with E-state index in [4.69, 9.17) is 4.42 Å². The fourth-order valence-corrected chi connectivity index (χ4v) is 3.21. The van der Waals surface area contributed by atoms with Crippen LogP contribution >= 0.6 is 0 Å². The van der Waals surface area contributed by atoms with Crippen LogP contribution in [-0.4, -0.2) is 26.8 Å². The molecule has 4 rings (SSSR count). The zero-order chi connectivity index (χ0) is 20.5. The van der Waals surface area contributed by atoms with Crippen molar-refractivity contribution in [3.8, 4) is 0 Å². The van der Waals surface area contributed by atoms with E-state index in [-0.39, 0.29) is 29.3 Å². The number of aromatic amines is 1. The van der Waals surface area contributed by atoms with Gasteiger partial charge in [-0.25, -0.2) is 4.98 Å². The molecule has 0 aliphatic carbocycles. The highest BCUT2D eigenvalue weighted by atomic mass is 16.3. The van der Waals surface area contributed by atoms with Crippen LogP contribution < -0.4 is 11.0 Å². The molecule has 2 aromatic heterocycles. The van der Waals surface area contributed by atoms with E-state index in [1.54, 1.807) is 48.5 Å². The lowest BCUT2D eigenvalue weighted by molar-refractivity contribution is 0.0652. The summed E-state index contributed by atoms with van der Waals surface area (Å²) in [7, 11) is 0. The first kappa shape index (κ1) is 18.6. The molecule has 0 fully saturated rings. The monoisotopic (exact) mass is 389 g/mol. The first-order chi connectivity index (χ1) is 13.9. The van der Waals surface area contributed by atoms with E-state index in [9.17, 15) is 14.4 Å². The molecule has 0 bridgehead atoms. The van der Waals surface area contributed by atoms with Gasteiger partial charge in [0.2, 0.25) is 0 Å². The maximum Gasteiger partial charge on any atom is 0.290 e. The van der Waals surface area contributed by atoms with Gasteiger partial charge in [0.15, 0.2) is 11.2 Å². The second-order valence-corrected chi connectivity index (χ2v) is 7.03. The van der Waals surface area contributed by atoms with Crippen LogP contribution in [0.15, 0.2) is 68.6 Å². The maximum atomic E-state index is 13.1. The molecule has 4 aromatic rings. The number of aromatic nitrogens is 2. The summed E-state index contributed by atoms with van der Waals surface area (Å²) in [5.41, 5.74) is 0.360. The van der Waals surface area contributed by atoms with E-state index in [0.29, 0.717) is 27.7 Å². The number of carbonyl (C=O) groups is 1. The van der Waals surface area contributed by atoms with E-state index >= 15 is 0 Å². The lowest BCUT2D eigenvalue weighted by Crippen LogP contribution is -2.37. The lowest BCUT2D eigenvalue weighted by atomic mass is 10.2. The summed E-state index contributed by atoms with van der Waals surface area (Å²) in [4.78, 5) is 46.5. The molecule has 0 unspecified atom stereocenters. The van der Waals surface area contributed by atoms with E-state index in [1.807, 2.05) is 13.8 Å². The molecule has 0 saturated heterocycles. The Kier molecular flexibility index (Phi) is 4.72. The van der Waals surface area contributed by atoms with E-state index < -0.39 is 5.91 Å². The molecule has 1 N–H and O–H groups in total. The molecule has 0 spiro atoms. The zero-order valence-electron chi connectivity index (χ0n) is 16.0.